The highest BCUT2D eigenvalue weighted by atomic mass is 32.2. The van der Waals surface area contributed by atoms with Gasteiger partial charge in [0, 0.05) is 13.1 Å². The molecule has 112 valence electrons. The molecule has 5 heteroatoms. The molecule has 0 saturated heterocycles. The summed E-state index contributed by atoms with van der Waals surface area (Å²) in [6.07, 6.45) is 4.51. The number of nitrogens with one attached hydrogen (secondary N) is 1. The fourth-order valence-electron chi connectivity index (χ4n) is 2.75. The molecule has 0 aliphatic heterocycles. The maximum atomic E-state index is 12.2. The Hall–Kier alpha value is -0.910. The van der Waals surface area contributed by atoms with Crippen molar-refractivity contribution in [2.75, 3.05) is 6.54 Å². The molecule has 0 radical (unpaired) electrons. The van der Waals surface area contributed by atoms with Gasteiger partial charge in [-0.05, 0) is 35.8 Å². The summed E-state index contributed by atoms with van der Waals surface area (Å²) >= 11 is 0. The molecule has 0 aromatic heterocycles. The molecular weight excluding hydrogens is 272 g/mol. The lowest BCUT2D eigenvalue weighted by Gasteiger charge is -2.41. The van der Waals surface area contributed by atoms with E-state index in [4.69, 9.17) is 5.73 Å². The summed E-state index contributed by atoms with van der Waals surface area (Å²) in [5, 5.41) is 0. The van der Waals surface area contributed by atoms with Gasteiger partial charge in [-0.15, -0.1) is 0 Å². The van der Waals surface area contributed by atoms with Crippen LogP contribution >= 0.6 is 0 Å². The van der Waals surface area contributed by atoms with Crippen LogP contribution in [0.3, 0.4) is 0 Å². The Morgan fingerprint density at radius 2 is 1.90 bits per heavy atom. The second kappa shape index (κ2) is 6.24. The molecule has 0 atom stereocenters. The lowest BCUT2D eigenvalue weighted by Crippen LogP contribution is -2.42. The van der Waals surface area contributed by atoms with Gasteiger partial charge in [-0.1, -0.05) is 37.6 Å². The summed E-state index contributed by atoms with van der Waals surface area (Å²) in [5.74, 6) is 0.0141. The van der Waals surface area contributed by atoms with Crippen LogP contribution in [0.4, 0.5) is 0 Å². The van der Waals surface area contributed by atoms with Crippen molar-refractivity contribution in [3.63, 3.8) is 0 Å². The van der Waals surface area contributed by atoms with Crippen molar-refractivity contribution in [2.24, 2.45) is 11.1 Å². The van der Waals surface area contributed by atoms with E-state index in [9.17, 15) is 8.42 Å². The molecule has 1 fully saturated rings. The first-order chi connectivity index (χ1) is 9.50. The van der Waals surface area contributed by atoms with Crippen molar-refractivity contribution in [1.29, 1.82) is 0 Å². The molecule has 20 heavy (non-hydrogen) atoms. The van der Waals surface area contributed by atoms with Crippen LogP contribution in [0.5, 0.6) is 0 Å². The van der Waals surface area contributed by atoms with Gasteiger partial charge in [-0.2, -0.15) is 0 Å². The Labute approximate surface area is 121 Å². The van der Waals surface area contributed by atoms with Crippen molar-refractivity contribution in [2.45, 2.75) is 44.9 Å². The summed E-state index contributed by atoms with van der Waals surface area (Å²) in [6, 6.07) is 7.44. The lowest BCUT2D eigenvalue weighted by molar-refractivity contribution is 0.133. The molecule has 0 heterocycles. The number of hydrogen-bond donors (Lipinski definition) is 2. The third-order valence-electron chi connectivity index (χ3n) is 4.52. The second-order valence-corrected chi connectivity index (χ2v) is 7.57. The first-order valence-electron chi connectivity index (χ1n) is 7.24. The third kappa shape index (κ3) is 3.59. The van der Waals surface area contributed by atoms with Crippen LogP contribution in [0, 0.1) is 5.41 Å². The number of rotatable bonds is 7. The highest BCUT2D eigenvalue weighted by molar-refractivity contribution is 7.88. The highest BCUT2D eigenvalue weighted by Crippen LogP contribution is 2.43. The first kappa shape index (κ1) is 15.5. The maximum Gasteiger partial charge on any atom is 0.215 e. The van der Waals surface area contributed by atoms with E-state index in [0.717, 1.165) is 30.4 Å². The van der Waals surface area contributed by atoms with E-state index in [1.807, 2.05) is 24.3 Å². The molecular formula is C15H24N2O2S. The number of hydrogen-bond acceptors (Lipinski definition) is 3. The van der Waals surface area contributed by atoms with Crippen LogP contribution in [0.2, 0.25) is 0 Å². The molecule has 0 unspecified atom stereocenters. The molecule has 0 amide bonds. The number of benzene rings is 1. The van der Waals surface area contributed by atoms with E-state index in [1.54, 1.807) is 0 Å². The Kier molecular flexibility index (Phi) is 4.83. The lowest BCUT2D eigenvalue weighted by atomic mass is 9.67. The van der Waals surface area contributed by atoms with E-state index in [-0.39, 0.29) is 11.2 Å². The SMILES string of the molecule is CCC1(CNS(=O)(=O)Cc2ccccc2CN)CCC1. The topological polar surface area (TPSA) is 72.2 Å². The fourth-order valence-corrected chi connectivity index (χ4v) is 4.07. The van der Waals surface area contributed by atoms with E-state index >= 15 is 0 Å². The Morgan fingerprint density at radius 1 is 1.25 bits per heavy atom. The van der Waals surface area contributed by atoms with Crippen LogP contribution in [-0.2, 0) is 22.3 Å². The highest BCUT2D eigenvalue weighted by Gasteiger charge is 2.35. The summed E-state index contributed by atoms with van der Waals surface area (Å²) in [5.41, 5.74) is 7.53. The van der Waals surface area contributed by atoms with Gasteiger partial charge in [-0.25, -0.2) is 13.1 Å². The maximum absolute atomic E-state index is 12.2. The standard InChI is InChI=1S/C15H24N2O2S/c1-2-15(8-5-9-15)12-17-20(18,19)11-14-7-4-3-6-13(14)10-16/h3-4,6-7,17H,2,5,8-12,16H2,1H3. The van der Waals surface area contributed by atoms with Gasteiger partial charge in [0.05, 0.1) is 5.75 Å². The predicted molar refractivity (Wildman–Crippen MR) is 81.5 cm³/mol. The number of sulfonamides is 1. The van der Waals surface area contributed by atoms with Crippen LogP contribution in [0.1, 0.15) is 43.7 Å². The molecule has 3 N–H and O–H groups in total. The van der Waals surface area contributed by atoms with Gasteiger partial charge in [0.15, 0.2) is 0 Å². The minimum Gasteiger partial charge on any atom is -0.326 e. The first-order valence-corrected chi connectivity index (χ1v) is 8.90. The van der Waals surface area contributed by atoms with Gasteiger partial charge in [0.1, 0.15) is 0 Å². The summed E-state index contributed by atoms with van der Waals surface area (Å²) < 4.78 is 27.2. The Balaban J connectivity index is 2.00. The monoisotopic (exact) mass is 296 g/mol. The molecule has 0 bridgehead atoms. The van der Waals surface area contributed by atoms with Crippen molar-refractivity contribution in [1.82, 2.24) is 4.72 Å². The zero-order chi connectivity index (χ0) is 14.6. The summed E-state index contributed by atoms with van der Waals surface area (Å²) in [7, 11) is -3.29. The third-order valence-corrected chi connectivity index (χ3v) is 5.79. The van der Waals surface area contributed by atoms with Gasteiger partial charge in [-0.3, -0.25) is 0 Å². The molecule has 1 saturated carbocycles. The van der Waals surface area contributed by atoms with Crippen LogP contribution in [0.15, 0.2) is 24.3 Å². The molecule has 0 spiro atoms. The molecule has 1 aliphatic carbocycles. The molecule has 4 nitrogen and oxygen atoms in total. The fraction of sp³-hybridized carbons (Fsp3) is 0.600. The summed E-state index contributed by atoms with van der Waals surface area (Å²) in [6.45, 7) is 3.07. The van der Waals surface area contributed by atoms with Crippen molar-refractivity contribution in [3.8, 4) is 0 Å². The Bertz CT molecular complexity index is 545. The van der Waals surface area contributed by atoms with E-state index in [2.05, 4.69) is 11.6 Å². The molecule has 1 aromatic carbocycles. The minimum absolute atomic E-state index is 0.0141. The van der Waals surface area contributed by atoms with E-state index in [1.165, 1.54) is 6.42 Å². The van der Waals surface area contributed by atoms with E-state index < -0.39 is 10.0 Å². The molecule has 1 aromatic rings. The smallest absolute Gasteiger partial charge is 0.215 e. The second-order valence-electron chi connectivity index (χ2n) is 5.76. The van der Waals surface area contributed by atoms with Gasteiger partial charge in [0.2, 0.25) is 10.0 Å². The molecule has 1 aliphatic rings. The predicted octanol–water partition coefficient (Wildman–Crippen LogP) is 2.14. The van der Waals surface area contributed by atoms with Gasteiger partial charge >= 0.3 is 0 Å². The van der Waals surface area contributed by atoms with Gasteiger partial charge in [0.25, 0.3) is 0 Å². The van der Waals surface area contributed by atoms with Crippen molar-refractivity contribution >= 4 is 10.0 Å². The van der Waals surface area contributed by atoms with Gasteiger partial charge < -0.3 is 5.73 Å². The minimum atomic E-state index is -3.29. The zero-order valence-corrected chi connectivity index (χ0v) is 12.9. The zero-order valence-electron chi connectivity index (χ0n) is 12.1. The molecule has 2 rings (SSSR count). The Morgan fingerprint density at radius 3 is 2.40 bits per heavy atom. The van der Waals surface area contributed by atoms with Crippen molar-refractivity contribution in [3.05, 3.63) is 35.4 Å². The average Bonchev–Trinajstić information content (AvgIpc) is 2.38. The van der Waals surface area contributed by atoms with Crippen LogP contribution in [0.25, 0.3) is 0 Å². The van der Waals surface area contributed by atoms with E-state index in [0.29, 0.717) is 13.1 Å². The largest absolute Gasteiger partial charge is 0.326 e. The van der Waals surface area contributed by atoms with Crippen LogP contribution < -0.4 is 10.5 Å². The normalized spacial score (nSPS) is 17.7. The summed E-state index contributed by atoms with van der Waals surface area (Å²) in [4.78, 5) is 0. The average molecular weight is 296 g/mol. The van der Waals surface area contributed by atoms with Crippen LogP contribution in [-0.4, -0.2) is 15.0 Å². The number of nitrogens with two attached hydrogens (primary N) is 1. The quantitative estimate of drug-likeness (QED) is 0.809. The van der Waals surface area contributed by atoms with Crippen molar-refractivity contribution < 1.29 is 8.42 Å².